The summed E-state index contributed by atoms with van der Waals surface area (Å²) < 4.78 is 5.97. The summed E-state index contributed by atoms with van der Waals surface area (Å²) in [5.74, 6) is -1.04. The number of imide groups is 2. The van der Waals surface area contributed by atoms with Gasteiger partial charge < -0.3 is 4.74 Å². The van der Waals surface area contributed by atoms with Crippen LogP contribution in [0.1, 0.15) is 27.8 Å². The number of halogens is 1. The van der Waals surface area contributed by atoms with Gasteiger partial charge in [0.2, 0.25) is 0 Å². The van der Waals surface area contributed by atoms with Crippen molar-refractivity contribution in [3.8, 4) is 5.75 Å². The zero-order valence-electron chi connectivity index (χ0n) is 19.0. The van der Waals surface area contributed by atoms with E-state index in [1.165, 1.54) is 6.08 Å². The maximum atomic E-state index is 13.3. The second-order valence-corrected chi connectivity index (χ2v) is 8.64. The Morgan fingerprint density at radius 2 is 1.62 bits per heavy atom. The summed E-state index contributed by atoms with van der Waals surface area (Å²) in [6, 6.07) is 17.4. The van der Waals surface area contributed by atoms with Crippen molar-refractivity contribution in [2.45, 2.75) is 27.4 Å². The van der Waals surface area contributed by atoms with E-state index >= 15 is 0 Å². The summed E-state index contributed by atoms with van der Waals surface area (Å²) >= 11 is 6.19. The van der Waals surface area contributed by atoms with Crippen molar-refractivity contribution < 1.29 is 19.1 Å². The van der Waals surface area contributed by atoms with E-state index in [2.05, 4.69) is 5.32 Å². The van der Waals surface area contributed by atoms with Gasteiger partial charge in [0, 0.05) is 10.6 Å². The number of urea groups is 1. The molecule has 0 unspecified atom stereocenters. The van der Waals surface area contributed by atoms with E-state index in [-0.39, 0.29) is 5.57 Å². The third kappa shape index (κ3) is 4.87. The molecule has 172 valence electrons. The maximum absolute atomic E-state index is 13.3. The number of anilines is 1. The largest absolute Gasteiger partial charge is 0.488 e. The molecule has 1 heterocycles. The van der Waals surface area contributed by atoms with Gasteiger partial charge in [0.25, 0.3) is 11.8 Å². The quantitative estimate of drug-likeness (QED) is 0.390. The van der Waals surface area contributed by atoms with Gasteiger partial charge in [0.1, 0.15) is 17.9 Å². The fraction of sp³-hybridized carbons (Fsp3) is 0.148. The number of carbonyl (C=O) groups excluding carboxylic acids is 3. The van der Waals surface area contributed by atoms with Gasteiger partial charge in [-0.15, -0.1) is 0 Å². The zero-order valence-corrected chi connectivity index (χ0v) is 19.8. The van der Waals surface area contributed by atoms with Gasteiger partial charge in [-0.25, -0.2) is 9.69 Å². The van der Waals surface area contributed by atoms with Crippen molar-refractivity contribution >= 4 is 41.2 Å². The van der Waals surface area contributed by atoms with Crippen molar-refractivity contribution in [3.63, 3.8) is 0 Å². The summed E-state index contributed by atoms with van der Waals surface area (Å²) in [4.78, 5) is 39.4. The third-order valence-corrected chi connectivity index (χ3v) is 5.72. The van der Waals surface area contributed by atoms with Crippen LogP contribution in [-0.2, 0) is 16.2 Å². The first-order valence-electron chi connectivity index (χ1n) is 10.7. The van der Waals surface area contributed by atoms with Crippen molar-refractivity contribution in [1.29, 1.82) is 0 Å². The van der Waals surface area contributed by atoms with E-state index < -0.39 is 17.8 Å². The second-order valence-electron chi connectivity index (χ2n) is 8.20. The standard InChI is InChI=1S/C27H23ClN2O4/c1-16-4-7-19(8-5-16)15-34-24-11-9-21(28)13-20(24)14-22-25(31)29-27(33)30(26(22)32)23-10-6-17(2)12-18(23)3/h4-14H,15H2,1-3H3,(H,29,31,33)/b22-14+. The summed E-state index contributed by atoms with van der Waals surface area (Å²) in [5, 5.41) is 2.67. The molecule has 0 saturated carbocycles. The average Bonchev–Trinajstić information content (AvgIpc) is 2.78. The summed E-state index contributed by atoms with van der Waals surface area (Å²) in [7, 11) is 0. The van der Waals surface area contributed by atoms with Crippen LogP contribution in [0.4, 0.5) is 10.5 Å². The SMILES string of the molecule is Cc1ccc(COc2ccc(Cl)cc2/C=C2\C(=O)NC(=O)N(c3ccc(C)cc3C)C2=O)cc1. The highest BCUT2D eigenvalue weighted by molar-refractivity contribution is 6.39. The molecule has 1 fully saturated rings. The van der Waals surface area contributed by atoms with Crippen LogP contribution in [0.2, 0.25) is 5.02 Å². The Hall–Kier alpha value is -3.90. The molecule has 1 aliphatic rings. The highest BCUT2D eigenvalue weighted by Gasteiger charge is 2.37. The molecule has 0 radical (unpaired) electrons. The number of carbonyl (C=O) groups is 3. The van der Waals surface area contributed by atoms with Gasteiger partial charge in [0.15, 0.2) is 0 Å². The van der Waals surface area contributed by atoms with Crippen LogP contribution in [0.15, 0.2) is 66.2 Å². The molecular formula is C27H23ClN2O4. The average molecular weight is 475 g/mol. The van der Waals surface area contributed by atoms with Crippen LogP contribution >= 0.6 is 11.6 Å². The number of benzene rings is 3. The number of hydrogen-bond acceptors (Lipinski definition) is 4. The first-order valence-corrected chi connectivity index (χ1v) is 11.1. The van der Waals surface area contributed by atoms with Crippen molar-refractivity contribution in [3.05, 3.63) is 99.1 Å². The Balaban J connectivity index is 1.68. The molecule has 4 amide bonds. The number of rotatable bonds is 5. The lowest BCUT2D eigenvalue weighted by Gasteiger charge is -2.27. The van der Waals surface area contributed by atoms with Crippen LogP contribution in [-0.4, -0.2) is 17.8 Å². The van der Waals surface area contributed by atoms with Gasteiger partial charge in [-0.05, 0) is 62.2 Å². The Bertz CT molecular complexity index is 1330. The molecule has 1 aliphatic heterocycles. The number of nitrogens with zero attached hydrogens (tertiary/aromatic N) is 1. The molecule has 0 bridgehead atoms. The number of nitrogens with one attached hydrogen (secondary N) is 1. The minimum absolute atomic E-state index is 0.193. The van der Waals surface area contributed by atoms with Gasteiger partial charge in [-0.2, -0.15) is 0 Å². The lowest BCUT2D eigenvalue weighted by molar-refractivity contribution is -0.122. The van der Waals surface area contributed by atoms with Crippen LogP contribution in [0.25, 0.3) is 6.08 Å². The lowest BCUT2D eigenvalue weighted by Crippen LogP contribution is -2.54. The zero-order chi connectivity index (χ0) is 24.4. The lowest BCUT2D eigenvalue weighted by atomic mass is 10.0. The van der Waals surface area contributed by atoms with Gasteiger partial charge in [-0.1, -0.05) is 59.1 Å². The molecule has 6 nitrogen and oxygen atoms in total. The van der Waals surface area contributed by atoms with E-state index in [1.807, 2.05) is 44.2 Å². The minimum Gasteiger partial charge on any atom is -0.488 e. The highest BCUT2D eigenvalue weighted by Crippen LogP contribution is 2.29. The van der Waals surface area contributed by atoms with Gasteiger partial charge >= 0.3 is 6.03 Å². The number of aryl methyl sites for hydroxylation is 3. The summed E-state index contributed by atoms with van der Waals surface area (Å²) in [6.07, 6.45) is 1.40. The Morgan fingerprint density at radius 1 is 0.912 bits per heavy atom. The monoisotopic (exact) mass is 474 g/mol. The Morgan fingerprint density at radius 3 is 2.32 bits per heavy atom. The predicted octanol–water partition coefficient (Wildman–Crippen LogP) is 5.51. The minimum atomic E-state index is -0.791. The second kappa shape index (κ2) is 9.53. The number of ether oxygens (including phenoxy) is 1. The highest BCUT2D eigenvalue weighted by atomic mass is 35.5. The van der Waals surface area contributed by atoms with Gasteiger partial charge in [0.05, 0.1) is 5.69 Å². The molecule has 0 atom stereocenters. The van der Waals surface area contributed by atoms with E-state index in [0.29, 0.717) is 28.6 Å². The molecule has 34 heavy (non-hydrogen) atoms. The molecule has 1 saturated heterocycles. The molecule has 0 spiro atoms. The Labute approximate surface area is 202 Å². The third-order valence-electron chi connectivity index (χ3n) is 5.48. The summed E-state index contributed by atoms with van der Waals surface area (Å²) in [6.45, 7) is 6.02. The number of barbiturate groups is 1. The van der Waals surface area contributed by atoms with Crippen molar-refractivity contribution in [2.24, 2.45) is 0 Å². The topological polar surface area (TPSA) is 75.7 Å². The molecule has 0 aliphatic carbocycles. The molecule has 1 N–H and O–H groups in total. The fourth-order valence-corrected chi connectivity index (χ4v) is 3.88. The number of amides is 4. The van der Waals surface area contributed by atoms with E-state index in [9.17, 15) is 14.4 Å². The predicted molar refractivity (Wildman–Crippen MR) is 132 cm³/mol. The molecular weight excluding hydrogens is 452 g/mol. The summed E-state index contributed by atoms with van der Waals surface area (Å²) in [5.41, 5.74) is 4.51. The smallest absolute Gasteiger partial charge is 0.335 e. The maximum Gasteiger partial charge on any atom is 0.335 e. The van der Waals surface area contributed by atoms with Crippen LogP contribution in [0, 0.1) is 20.8 Å². The van der Waals surface area contributed by atoms with Crippen LogP contribution < -0.4 is 15.0 Å². The normalized spacial score (nSPS) is 15.0. The van der Waals surface area contributed by atoms with E-state index in [0.717, 1.165) is 27.2 Å². The molecule has 4 rings (SSSR count). The van der Waals surface area contributed by atoms with E-state index in [1.54, 1.807) is 37.3 Å². The fourth-order valence-electron chi connectivity index (χ4n) is 3.70. The molecule has 0 aromatic heterocycles. The molecule has 7 heteroatoms. The van der Waals surface area contributed by atoms with E-state index in [4.69, 9.17) is 16.3 Å². The van der Waals surface area contributed by atoms with Crippen LogP contribution in [0.3, 0.4) is 0 Å². The van der Waals surface area contributed by atoms with Crippen molar-refractivity contribution in [1.82, 2.24) is 5.32 Å². The first-order chi connectivity index (χ1) is 16.2. The molecule has 3 aromatic rings. The van der Waals surface area contributed by atoms with Gasteiger partial charge in [-0.3, -0.25) is 14.9 Å². The number of hydrogen-bond donors (Lipinski definition) is 1. The Kier molecular flexibility index (Phi) is 6.52. The first kappa shape index (κ1) is 23.3. The van der Waals surface area contributed by atoms with Crippen molar-refractivity contribution in [2.75, 3.05) is 4.90 Å². The van der Waals surface area contributed by atoms with Crippen LogP contribution in [0.5, 0.6) is 5.75 Å². The molecule has 3 aromatic carbocycles.